The fourth-order valence-corrected chi connectivity index (χ4v) is 4.08. The van der Waals surface area contributed by atoms with Crippen LogP contribution in [-0.2, 0) is 19.3 Å². The zero-order valence-electron chi connectivity index (χ0n) is 20.7. The summed E-state index contributed by atoms with van der Waals surface area (Å²) < 4.78 is 5.71. The maximum Gasteiger partial charge on any atom is 0.137 e. The van der Waals surface area contributed by atoms with E-state index < -0.39 is 0 Å². The molecule has 0 aliphatic rings. The molecule has 2 aromatic carbocycles. The third kappa shape index (κ3) is 9.04. The van der Waals surface area contributed by atoms with Crippen molar-refractivity contribution in [3.63, 3.8) is 0 Å². The minimum absolute atomic E-state index is 0.758. The molecule has 0 spiro atoms. The second kappa shape index (κ2) is 14.5. The van der Waals surface area contributed by atoms with Gasteiger partial charge in [0.1, 0.15) is 5.75 Å². The average molecular weight is 444 g/mol. The van der Waals surface area contributed by atoms with E-state index in [2.05, 4.69) is 67.4 Å². The summed E-state index contributed by atoms with van der Waals surface area (Å²) in [5, 5.41) is 0. The van der Waals surface area contributed by atoms with Crippen molar-refractivity contribution in [3.05, 3.63) is 83.6 Å². The summed E-state index contributed by atoms with van der Waals surface area (Å²) in [4.78, 5) is 4.57. The number of ether oxygens (including phenoxy) is 1. The lowest BCUT2D eigenvalue weighted by atomic mass is 10.00. The Balaban J connectivity index is 1.42. The van der Waals surface area contributed by atoms with Gasteiger partial charge in [-0.05, 0) is 60.9 Å². The molecule has 2 nitrogen and oxygen atoms in total. The van der Waals surface area contributed by atoms with Gasteiger partial charge in [0.25, 0.3) is 0 Å². The lowest BCUT2D eigenvalue weighted by Crippen LogP contribution is -1.97. The lowest BCUT2D eigenvalue weighted by Gasteiger charge is -2.08. The van der Waals surface area contributed by atoms with Gasteiger partial charge in [-0.3, -0.25) is 4.98 Å². The molecular weight excluding hydrogens is 402 g/mol. The molecule has 0 unspecified atom stereocenters. The third-order valence-corrected chi connectivity index (χ3v) is 6.30. The molecule has 33 heavy (non-hydrogen) atoms. The molecule has 0 saturated heterocycles. The minimum atomic E-state index is 0.758. The highest BCUT2D eigenvalue weighted by Crippen LogP contribution is 2.21. The van der Waals surface area contributed by atoms with Gasteiger partial charge in [0.2, 0.25) is 0 Å². The van der Waals surface area contributed by atoms with Crippen molar-refractivity contribution in [2.45, 2.75) is 84.5 Å². The van der Waals surface area contributed by atoms with Gasteiger partial charge in [-0.2, -0.15) is 0 Å². The summed E-state index contributed by atoms with van der Waals surface area (Å²) in [6.45, 7) is 5.20. The third-order valence-electron chi connectivity index (χ3n) is 6.30. The van der Waals surface area contributed by atoms with Crippen molar-refractivity contribution in [2.24, 2.45) is 0 Å². The smallest absolute Gasteiger partial charge is 0.137 e. The van der Waals surface area contributed by atoms with E-state index >= 15 is 0 Å². The van der Waals surface area contributed by atoms with Gasteiger partial charge in [0, 0.05) is 5.56 Å². The molecule has 2 heteroatoms. The van der Waals surface area contributed by atoms with Crippen molar-refractivity contribution in [3.8, 4) is 17.0 Å². The quantitative estimate of drug-likeness (QED) is 0.219. The predicted molar refractivity (Wildman–Crippen MR) is 141 cm³/mol. The molecule has 176 valence electrons. The number of hydrogen-bond donors (Lipinski definition) is 0. The predicted octanol–water partition coefficient (Wildman–Crippen LogP) is 8.62. The second-order valence-corrected chi connectivity index (χ2v) is 9.11. The van der Waals surface area contributed by atoms with Gasteiger partial charge in [0.15, 0.2) is 0 Å². The lowest BCUT2D eigenvalue weighted by molar-refractivity contribution is 0.308. The largest absolute Gasteiger partial charge is 0.492 e. The first-order valence-electron chi connectivity index (χ1n) is 13.0. The molecular formula is C31H41NO. The van der Waals surface area contributed by atoms with Crippen molar-refractivity contribution in [1.29, 1.82) is 0 Å². The fraction of sp³-hybridized carbons (Fsp3) is 0.452. The van der Waals surface area contributed by atoms with Crippen LogP contribution in [0.5, 0.6) is 5.75 Å². The highest BCUT2D eigenvalue weighted by molar-refractivity contribution is 5.59. The van der Waals surface area contributed by atoms with Crippen molar-refractivity contribution in [1.82, 2.24) is 4.98 Å². The number of nitrogens with zero attached hydrogens (tertiary/aromatic N) is 1. The number of unbranched alkanes of at least 4 members (excludes halogenated alkanes) is 6. The molecule has 3 rings (SSSR count). The first-order valence-corrected chi connectivity index (χ1v) is 13.0. The molecule has 0 atom stereocenters. The molecule has 0 bridgehead atoms. The molecule has 0 N–H and O–H groups in total. The Kier molecular flexibility index (Phi) is 11.0. The van der Waals surface area contributed by atoms with E-state index in [0.717, 1.165) is 49.3 Å². The van der Waals surface area contributed by atoms with Crippen LogP contribution in [0, 0.1) is 0 Å². The van der Waals surface area contributed by atoms with Gasteiger partial charge in [0.05, 0.1) is 18.5 Å². The van der Waals surface area contributed by atoms with E-state index in [0.29, 0.717) is 0 Å². The number of benzene rings is 2. The fourth-order valence-electron chi connectivity index (χ4n) is 4.08. The molecule has 0 saturated carbocycles. The molecule has 0 radical (unpaired) electrons. The van der Waals surface area contributed by atoms with Crippen molar-refractivity contribution in [2.75, 3.05) is 6.61 Å². The summed E-state index contributed by atoms with van der Waals surface area (Å²) in [6.07, 6.45) is 15.6. The molecule has 0 amide bonds. The zero-order valence-corrected chi connectivity index (χ0v) is 20.7. The number of rotatable bonds is 15. The van der Waals surface area contributed by atoms with Crippen molar-refractivity contribution < 1.29 is 4.74 Å². The van der Waals surface area contributed by atoms with Crippen LogP contribution in [0.3, 0.4) is 0 Å². The molecule has 1 heterocycles. The molecule has 0 aliphatic heterocycles. The number of aryl methyl sites for hydroxylation is 3. The summed E-state index contributed by atoms with van der Waals surface area (Å²) >= 11 is 0. The van der Waals surface area contributed by atoms with Crippen LogP contribution in [0.1, 0.15) is 81.9 Å². The van der Waals surface area contributed by atoms with E-state index in [-0.39, 0.29) is 0 Å². The Morgan fingerprint density at radius 2 is 1.15 bits per heavy atom. The normalized spacial score (nSPS) is 11.0. The number of pyridine rings is 1. The highest BCUT2D eigenvalue weighted by atomic mass is 16.5. The SMILES string of the molecule is CCCCCCCCc1ccc(CCc2ccc(-c3ccc(OCCCC)cn3)cc2)cc1. The van der Waals surface area contributed by atoms with E-state index in [4.69, 9.17) is 4.74 Å². The van der Waals surface area contributed by atoms with Crippen LogP contribution in [0.25, 0.3) is 11.3 Å². The molecule has 0 fully saturated rings. The molecule has 0 aliphatic carbocycles. The summed E-state index contributed by atoms with van der Waals surface area (Å²) in [7, 11) is 0. The van der Waals surface area contributed by atoms with Gasteiger partial charge in [-0.1, -0.05) is 101 Å². The summed E-state index contributed by atoms with van der Waals surface area (Å²) in [6, 6.07) is 22.2. The van der Waals surface area contributed by atoms with E-state index in [9.17, 15) is 0 Å². The second-order valence-electron chi connectivity index (χ2n) is 9.11. The topological polar surface area (TPSA) is 22.1 Å². The first-order chi connectivity index (χ1) is 16.3. The Hall–Kier alpha value is -2.61. The number of aromatic nitrogens is 1. The maximum absolute atomic E-state index is 5.71. The van der Waals surface area contributed by atoms with Crippen LogP contribution < -0.4 is 4.74 Å². The van der Waals surface area contributed by atoms with Crippen LogP contribution in [0.15, 0.2) is 66.9 Å². The van der Waals surface area contributed by atoms with Gasteiger partial charge in [-0.15, -0.1) is 0 Å². The van der Waals surface area contributed by atoms with Crippen molar-refractivity contribution >= 4 is 0 Å². The zero-order chi connectivity index (χ0) is 23.1. The maximum atomic E-state index is 5.71. The van der Waals surface area contributed by atoms with Gasteiger partial charge >= 0.3 is 0 Å². The van der Waals surface area contributed by atoms with Crippen LogP contribution in [0.2, 0.25) is 0 Å². The Morgan fingerprint density at radius 1 is 0.576 bits per heavy atom. The Morgan fingerprint density at radius 3 is 1.76 bits per heavy atom. The van der Waals surface area contributed by atoms with E-state index in [1.807, 2.05) is 18.3 Å². The average Bonchev–Trinajstić information content (AvgIpc) is 2.86. The Bertz CT molecular complexity index is 897. The minimum Gasteiger partial charge on any atom is -0.492 e. The monoisotopic (exact) mass is 443 g/mol. The standard InChI is InChI=1S/C31H41NO/c1-3-5-7-8-9-10-11-26-12-14-27(15-13-26)16-17-28-18-20-29(21-19-28)31-23-22-30(25-32-31)33-24-6-4-2/h12-15,18-23,25H,3-11,16-17,24H2,1-2H3. The number of hydrogen-bond acceptors (Lipinski definition) is 2. The molecule has 3 aromatic rings. The van der Waals surface area contributed by atoms with E-state index in [1.165, 1.54) is 61.6 Å². The van der Waals surface area contributed by atoms with Gasteiger partial charge < -0.3 is 4.74 Å². The highest BCUT2D eigenvalue weighted by Gasteiger charge is 2.03. The summed E-state index contributed by atoms with van der Waals surface area (Å²) in [5.74, 6) is 0.849. The Labute approximate surface area is 201 Å². The van der Waals surface area contributed by atoms with Gasteiger partial charge in [-0.25, -0.2) is 0 Å². The van der Waals surface area contributed by atoms with Crippen LogP contribution in [0.4, 0.5) is 0 Å². The summed E-state index contributed by atoms with van der Waals surface area (Å²) in [5.41, 5.74) is 6.41. The van der Waals surface area contributed by atoms with Crippen LogP contribution in [-0.4, -0.2) is 11.6 Å². The first kappa shape index (κ1) is 25.0. The molecule has 1 aromatic heterocycles. The van der Waals surface area contributed by atoms with Crippen LogP contribution >= 0.6 is 0 Å². The van der Waals surface area contributed by atoms with E-state index in [1.54, 1.807) is 0 Å².